The first-order valence-corrected chi connectivity index (χ1v) is 7.32. The van der Waals surface area contributed by atoms with Crippen LogP contribution in [-0.2, 0) is 10.0 Å². The summed E-state index contributed by atoms with van der Waals surface area (Å²) in [4.78, 5) is 12.3. The van der Waals surface area contributed by atoms with Gasteiger partial charge in [0, 0.05) is 6.07 Å². The molecule has 0 unspecified atom stereocenters. The molecule has 0 fully saturated rings. The second kappa shape index (κ2) is 6.14. The van der Waals surface area contributed by atoms with E-state index in [9.17, 15) is 18.5 Å². The fourth-order valence-electron chi connectivity index (χ4n) is 1.58. The lowest BCUT2D eigenvalue weighted by atomic mass is 10.2. The van der Waals surface area contributed by atoms with Gasteiger partial charge in [0.25, 0.3) is 15.7 Å². The van der Waals surface area contributed by atoms with Crippen molar-refractivity contribution < 1.29 is 13.3 Å². The molecule has 0 radical (unpaired) electrons. The largest absolute Gasteiger partial charge is 0.278 e. The van der Waals surface area contributed by atoms with E-state index >= 15 is 0 Å². The van der Waals surface area contributed by atoms with Gasteiger partial charge in [-0.3, -0.25) is 10.1 Å². The van der Waals surface area contributed by atoms with E-state index in [1.54, 1.807) is 24.3 Å². The Morgan fingerprint density at radius 1 is 1.05 bits per heavy atom. The summed E-state index contributed by atoms with van der Waals surface area (Å²) in [6.07, 6.45) is 1.10. The lowest BCUT2D eigenvalue weighted by molar-refractivity contribution is -0.385. The molecule has 7 nitrogen and oxygen atoms in total. The van der Waals surface area contributed by atoms with E-state index in [1.165, 1.54) is 30.3 Å². The summed E-state index contributed by atoms with van der Waals surface area (Å²) < 4.78 is 23.8. The molecule has 8 heteroatoms. The van der Waals surface area contributed by atoms with Crippen molar-refractivity contribution in [3.63, 3.8) is 0 Å². The van der Waals surface area contributed by atoms with Gasteiger partial charge in [-0.1, -0.05) is 30.3 Å². The molecule has 0 aliphatic carbocycles. The highest BCUT2D eigenvalue weighted by Crippen LogP contribution is 2.15. The first kappa shape index (κ1) is 14.7. The van der Waals surface area contributed by atoms with Crippen LogP contribution in [0.3, 0.4) is 0 Å². The minimum Gasteiger partial charge on any atom is -0.258 e. The van der Waals surface area contributed by atoms with Crippen LogP contribution >= 0.6 is 0 Å². The highest BCUT2D eigenvalue weighted by Gasteiger charge is 2.13. The Hall–Kier alpha value is -2.74. The molecule has 2 rings (SSSR count). The van der Waals surface area contributed by atoms with Crippen LogP contribution in [0.25, 0.3) is 0 Å². The SMILES string of the molecule is O=[N+]([O-])c1ccccc1C=NNS(=O)(=O)c1ccccc1. The van der Waals surface area contributed by atoms with E-state index in [0.717, 1.165) is 6.21 Å². The smallest absolute Gasteiger partial charge is 0.258 e. The van der Waals surface area contributed by atoms with Gasteiger partial charge in [-0.15, -0.1) is 0 Å². The predicted molar refractivity (Wildman–Crippen MR) is 77.5 cm³/mol. The summed E-state index contributed by atoms with van der Waals surface area (Å²) in [5.41, 5.74) is 0.0541. The summed E-state index contributed by atoms with van der Waals surface area (Å²) in [5.74, 6) is 0. The van der Waals surface area contributed by atoms with Crippen molar-refractivity contribution in [2.24, 2.45) is 5.10 Å². The van der Waals surface area contributed by atoms with Gasteiger partial charge in [0.2, 0.25) is 0 Å². The second-order valence-corrected chi connectivity index (χ2v) is 5.64. The number of rotatable bonds is 5. The lowest BCUT2D eigenvalue weighted by Crippen LogP contribution is -2.18. The average Bonchev–Trinajstić information content (AvgIpc) is 2.48. The number of sulfonamides is 1. The standard InChI is InChI=1S/C13H11N3O4S/c17-16(18)13-9-5-4-6-11(13)10-14-15-21(19,20)12-7-2-1-3-8-12/h1-10,15H. The first-order chi connectivity index (χ1) is 10.0. The fourth-order valence-corrected chi connectivity index (χ4v) is 2.39. The van der Waals surface area contributed by atoms with Crippen LogP contribution in [0.2, 0.25) is 0 Å². The Bertz CT molecular complexity index is 773. The van der Waals surface area contributed by atoms with Crippen LogP contribution < -0.4 is 4.83 Å². The molecule has 0 atom stereocenters. The number of hydrogen-bond acceptors (Lipinski definition) is 5. The van der Waals surface area contributed by atoms with Gasteiger partial charge < -0.3 is 0 Å². The van der Waals surface area contributed by atoms with E-state index in [2.05, 4.69) is 5.10 Å². The minimum absolute atomic E-state index is 0.0599. The molecule has 0 amide bonds. The molecule has 0 heterocycles. The molecule has 21 heavy (non-hydrogen) atoms. The van der Waals surface area contributed by atoms with Crippen LogP contribution in [0.1, 0.15) is 5.56 Å². The number of para-hydroxylation sites is 1. The number of nitro groups is 1. The van der Waals surface area contributed by atoms with Crippen LogP contribution in [0, 0.1) is 10.1 Å². The fraction of sp³-hybridized carbons (Fsp3) is 0. The Labute approximate surface area is 121 Å². The van der Waals surface area contributed by atoms with Crippen LogP contribution in [0.15, 0.2) is 64.6 Å². The third kappa shape index (κ3) is 3.63. The number of benzene rings is 2. The number of hydrogen-bond donors (Lipinski definition) is 1. The molecule has 0 saturated heterocycles. The van der Waals surface area contributed by atoms with Crippen LogP contribution in [-0.4, -0.2) is 19.6 Å². The zero-order chi connectivity index (χ0) is 15.3. The van der Waals surface area contributed by atoms with Gasteiger partial charge >= 0.3 is 0 Å². The maximum absolute atomic E-state index is 11.9. The van der Waals surface area contributed by atoms with E-state index in [4.69, 9.17) is 0 Å². The van der Waals surface area contributed by atoms with Gasteiger partial charge in [-0.2, -0.15) is 13.5 Å². The van der Waals surface area contributed by atoms with Crippen molar-refractivity contribution in [1.29, 1.82) is 0 Å². The van der Waals surface area contributed by atoms with Gasteiger partial charge in [-0.05, 0) is 18.2 Å². The van der Waals surface area contributed by atoms with Gasteiger partial charge in [-0.25, -0.2) is 4.83 Å². The van der Waals surface area contributed by atoms with Crippen molar-refractivity contribution in [1.82, 2.24) is 4.83 Å². The predicted octanol–water partition coefficient (Wildman–Crippen LogP) is 1.91. The summed E-state index contributed by atoms with van der Waals surface area (Å²) in [6, 6.07) is 13.6. The Kier molecular flexibility index (Phi) is 4.29. The number of hydrazone groups is 1. The van der Waals surface area contributed by atoms with E-state index in [1.807, 2.05) is 4.83 Å². The normalized spacial score (nSPS) is 11.4. The number of nitrogens with zero attached hydrogens (tertiary/aromatic N) is 2. The maximum Gasteiger partial charge on any atom is 0.278 e. The first-order valence-electron chi connectivity index (χ1n) is 5.84. The molecule has 0 aliphatic rings. The Morgan fingerprint density at radius 3 is 2.33 bits per heavy atom. The Morgan fingerprint density at radius 2 is 1.67 bits per heavy atom. The van der Waals surface area contributed by atoms with Crippen molar-refractivity contribution in [2.45, 2.75) is 4.90 Å². The molecule has 108 valence electrons. The van der Waals surface area contributed by atoms with Crippen LogP contribution in [0.4, 0.5) is 5.69 Å². The molecule has 2 aromatic rings. The molecule has 1 N–H and O–H groups in total. The van der Waals surface area contributed by atoms with Crippen molar-refractivity contribution in [3.8, 4) is 0 Å². The zero-order valence-corrected chi connectivity index (χ0v) is 11.5. The molecule has 0 spiro atoms. The molecule has 0 saturated carbocycles. The van der Waals surface area contributed by atoms with Crippen molar-refractivity contribution in [2.75, 3.05) is 0 Å². The summed E-state index contributed by atoms with van der Waals surface area (Å²) in [7, 11) is -3.78. The molecular weight excluding hydrogens is 294 g/mol. The summed E-state index contributed by atoms with van der Waals surface area (Å²) in [6.45, 7) is 0. The highest BCUT2D eigenvalue weighted by atomic mass is 32.2. The topological polar surface area (TPSA) is 102 Å². The van der Waals surface area contributed by atoms with Crippen molar-refractivity contribution >= 4 is 21.9 Å². The van der Waals surface area contributed by atoms with Gasteiger partial charge in [0.15, 0.2) is 0 Å². The summed E-state index contributed by atoms with van der Waals surface area (Å²) >= 11 is 0. The van der Waals surface area contributed by atoms with Crippen molar-refractivity contribution in [3.05, 3.63) is 70.3 Å². The van der Waals surface area contributed by atoms with E-state index < -0.39 is 14.9 Å². The summed E-state index contributed by atoms with van der Waals surface area (Å²) in [5, 5.41) is 14.4. The minimum atomic E-state index is -3.78. The molecule has 0 aliphatic heterocycles. The molecule has 0 aromatic heterocycles. The molecule has 0 bridgehead atoms. The van der Waals surface area contributed by atoms with E-state index in [-0.39, 0.29) is 16.1 Å². The monoisotopic (exact) mass is 305 g/mol. The zero-order valence-electron chi connectivity index (χ0n) is 10.7. The lowest BCUT2D eigenvalue weighted by Gasteiger charge is -2.02. The molecular formula is C13H11N3O4S. The van der Waals surface area contributed by atoms with Crippen LogP contribution in [0.5, 0.6) is 0 Å². The van der Waals surface area contributed by atoms with Gasteiger partial charge in [0.05, 0.1) is 21.6 Å². The average molecular weight is 305 g/mol. The Balaban J connectivity index is 2.19. The number of nitrogens with one attached hydrogen (secondary N) is 1. The highest BCUT2D eigenvalue weighted by molar-refractivity contribution is 7.89. The van der Waals surface area contributed by atoms with Gasteiger partial charge in [0.1, 0.15) is 0 Å². The maximum atomic E-state index is 11.9. The molecule has 2 aromatic carbocycles. The second-order valence-electron chi connectivity index (χ2n) is 3.98. The third-order valence-corrected chi connectivity index (χ3v) is 3.80. The van der Waals surface area contributed by atoms with E-state index in [0.29, 0.717) is 0 Å². The number of nitro benzene ring substituents is 1. The quantitative estimate of drug-likeness (QED) is 0.518. The third-order valence-electron chi connectivity index (χ3n) is 2.56.